The van der Waals surface area contributed by atoms with Crippen LogP contribution in [-0.4, -0.2) is 21.7 Å². The van der Waals surface area contributed by atoms with Crippen molar-refractivity contribution in [3.05, 3.63) is 105 Å². The van der Waals surface area contributed by atoms with Crippen molar-refractivity contribution in [1.82, 2.24) is 15.1 Å². The quantitative estimate of drug-likeness (QED) is 0.315. The number of hydrogen-bond donors (Lipinski definition) is 1. The molecule has 0 saturated carbocycles. The van der Waals surface area contributed by atoms with Gasteiger partial charge in [0.1, 0.15) is 6.04 Å². The minimum Gasteiger partial charge on any atom is -0.335 e. The summed E-state index contributed by atoms with van der Waals surface area (Å²) in [6.45, 7) is 1.81. The third-order valence-corrected chi connectivity index (χ3v) is 6.13. The van der Waals surface area contributed by atoms with Crippen LogP contribution in [0.4, 0.5) is 0 Å². The summed E-state index contributed by atoms with van der Waals surface area (Å²) in [5, 5.41) is 18.5. The van der Waals surface area contributed by atoms with Crippen molar-refractivity contribution < 1.29 is 4.79 Å². The molecule has 5 nitrogen and oxygen atoms in total. The zero-order valence-electron chi connectivity index (χ0n) is 18.1. The van der Waals surface area contributed by atoms with Crippen LogP contribution in [0.5, 0.6) is 0 Å². The Bertz CT molecular complexity index is 1380. The maximum absolute atomic E-state index is 13.2. The molecule has 3 aromatic carbocycles. The van der Waals surface area contributed by atoms with Gasteiger partial charge in [-0.05, 0) is 42.8 Å². The molecule has 4 rings (SSSR count). The second kappa shape index (κ2) is 10.3. The lowest BCUT2D eigenvalue weighted by Gasteiger charge is -2.11. The Kier molecular flexibility index (Phi) is 7.23. The molecule has 1 amide bonds. The molecule has 0 bridgehead atoms. The Morgan fingerprint density at radius 3 is 2.35 bits per heavy atom. The van der Waals surface area contributed by atoms with Crippen molar-refractivity contribution >= 4 is 40.7 Å². The summed E-state index contributed by atoms with van der Waals surface area (Å²) in [4.78, 5) is 13.2. The van der Waals surface area contributed by atoms with E-state index in [1.165, 1.54) is 0 Å². The highest BCUT2D eigenvalue weighted by atomic mass is 35.5. The van der Waals surface area contributed by atoms with Gasteiger partial charge in [0.05, 0.1) is 22.5 Å². The third kappa shape index (κ3) is 5.10. The average Bonchev–Trinajstić information content (AvgIpc) is 3.16. The predicted molar refractivity (Wildman–Crippen MR) is 136 cm³/mol. The molecule has 0 spiro atoms. The maximum atomic E-state index is 13.2. The number of nitrogens with zero attached hydrogens (tertiary/aromatic N) is 3. The lowest BCUT2D eigenvalue weighted by molar-refractivity contribution is 0.0939. The minimum atomic E-state index is -0.711. The minimum absolute atomic E-state index is 0.198. The van der Waals surface area contributed by atoms with Gasteiger partial charge in [-0.15, -0.1) is 0 Å². The van der Waals surface area contributed by atoms with E-state index in [1.807, 2.05) is 49.4 Å². The van der Waals surface area contributed by atoms with Crippen LogP contribution in [0.15, 0.2) is 72.8 Å². The van der Waals surface area contributed by atoms with Crippen LogP contribution in [0, 0.1) is 18.3 Å². The highest BCUT2D eigenvalue weighted by Crippen LogP contribution is 2.33. The lowest BCUT2D eigenvalue weighted by atomic mass is 10.0. The molecule has 34 heavy (non-hydrogen) atoms. The summed E-state index contributed by atoms with van der Waals surface area (Å²) < 4.78 is 1.62. The number of rotatable bonds is 6. The van der Waals surface area contributed by atoms with Crippen molar-refractivity contribution in [1.29, 1.82) is 5.26 Å². The summed E-state index contributed by atoms with van der Waals surface area (Å²) in [6, 6.07) is 23.3. The Labute approximate surface area is 212 Å². The number of aromatic nitrogens is 2. The van der Waals surface area contributed by atoms with Crippen molar-refractivity contribution in [3.63, 3.8) is 0 Å². The first-order valence-electron chi connectivity index (χ1n) is 10.4. The summed E-state index contributed by atoms with van der Waals surface area (Å²) in [5.41, 5.74) is 3.85. The van der Waals surface area contributed by atoms with Crippen LogP contribution in [0.2, 0.25) is 15.1 Å². The number of halogens is 3. The monoisotopic (exact) mass is 508 g/mol. The molecule has 1 heterocycles. The molecule has 0 aliphatic rings. The van der Waals surface area contributed by atoms with E-state index in [2.05, 4.69) is 16.5 Å². The van der Waals surface area contributed by atoms with Crippen molar-refractivity contribution in [3.8, 4) is 23.0 Å². The molecule has 0 saturated heterocycles. The summed E-state index contributed by atoms with van der Waals surface area (Å²) >= 11 is 18.6. The summed E-state index contributed by atoms with van der Waals surface area (Å²) in [6.07, 6.45) is 0.385. The van der Waals surface area contributed by atoms with Crippen LogP contribution < -0.4 is 5.32 Å². The van der Waals surface area contributed by atoms with Crippen molar-refractivity contribution in [2.24, 2.45) is 0 Å². The van der Waals surface area contributed by atoms with E-state index in [0.717, 1.165) is 11.1 Å². The number of hydrogen-bond acceptors (Lipinski definition) is 3. The fraction of sp³-hybridized carbons (Fsp3) is 0.115. The molecule has 0 aliphatic heterocycles. The van der Waals surface area contributed by atoms with Gasteiger partial charge in [-0.1, -0.05) is 77.3 Å². The SMILES string of the molecule is Cc1c(C(=O)N[C@H](C#N)Cc2ccccc2)nn(-c2ccc(Cl)cc2Cl)c1-c1ccc(Cl)cc1. The molecule has 0 aliphatic carbocycles. The second-order valence-electron chi connectivity index (χ2n) is 7.68. The normalized spacial score (nSPS) is 11.6. The second-order valence-corrected chi connectivity index (χ2v) is 8.96. The highest BCUT2D eigenvalue weighted by molar-refractivity contribution is 6.35. The molecule has 0 radical (unpaired) electrons. The van der Waals surface area contributed by atoms with E-state index >= 15 is 0 Å². The molecule has 8 heteroatoms. The van der Waals surface area contributed by atoms with E-state index in [0.29, 0.717) is 38.4 Å². The lowest BCUT2D eigenvalue weighted by Crippen LogP contribution is -2.36. The fourth-order valence-electron chi connectivity index (χ4n) is 3.69. The molecule has 1 atom stereocenters. The number of carbonyl (C=O) groups excluding carboxylic acids is 1. The van der Waals surface area contributed by atoms with E-state index in [9.17, 15) is 10.1 Å². The standard InChI is InChI=1S/C26H19Cl3N4O/c1-16-24(26(34)31-21(15-30)13-17-5-3-2-4-6-17)32-33(23-12-11-20(28)14-22(23)29)25(16)18-7-9-19(27)10-8-18/h2-12,14,21H,13H2,1H3,(H,31,34)/t21-/m0/s1. The Balaban J connectivity index is 1.75. The van der Waals surface area contributed by atoms with Crippen LogP contribution in [0.25, 0.3) is 16.9 Å². The molecule has 170 valence electrons. The first-order valence-corrected chi connectivity index (χ1v) is 11.6. The number of carbonyl (C=O) groups is 1. The fourth-order valence-corrected chi connectivity index (χ4v) is 4.31. The first kappa shape index (κ1) is 23.8. The van der Waals surface area contributed by atoms with E-state index in [4.69, 9.17) is 34.8 Å². The molecule has 4 aromatic rings. The molecular formula is C26H19Cl3N4O. The smallest absolute Gasteiger partial charge is 0.273 e. The number of amides is 1. The van der Waals surface area contributed by atoms with Gasteiger partial charge < -0.3 is 5.32 Å². The van der Waals surface area contributed by atoms with Crippen LogP contribution >= 0.6 is 34.8 Å². The van der Waals surface area contributed by atoms with Gasteiger partial charge in [-0.3, -0.25) is 4.79 Å². The van der Waals surface area contributed by atoms with E-state index in [1.54, 1.807) is 35.0 Å². The highest BCUT2D eigenvalue weighted by Gasteiger charge is 2.25. The van der Waals surface area contributed by atoms with Crippen LogP contribution in [0.3, 0.4) is 0 Å². The predicted octanol–water partition coefficient (Wildman–Crippen LogP) is 6.67. The van der Waals surface area contributed by atoms with Gasteiger partial charge >= 0.3 is 0 Å². The average molecular weight is 510 g/mol. The molecular weight excluding hydrogens is 491 g/mol. The molecule has 0 fully saturated rings. The third-order valence-electron chi connectivity index (χ3n) is 5.34. The van der Waals surface area contributed by atoms with E-state index in [-0.39, 0.29) is 5.69 Å². The number of nitriles is 1. The summed E-state index contributed by atoms with van der Waals surface area (Å²) in [7, 11) is 0. The van der Waals surface area contributed by atoms with Gasteiger partial charge in [0.25, 0.3) is 5.91 Å². The Hall–Kier alpha value is -3.30. The van der Waals surface area contributed by atoms with Gasteiger partial charge in [0.2, 0.25) is 0 Å². The number of nitrogens with one attached hydrogen (secondary N) is 1. The van der Waals surface area contributed by atoms with Gasteiger partial charge in [0, 0.05) is 27.6 Å². The summed E-state index contributed by atoms with van der Waals surface area (Å²) in [5.74, 6) is -0.445. The Morgan fingerprint density at radius 1 is 1.03 bits per heavy atom. The largest absolute Gasteiger partial charge is 0.335 e. The first-order chi connectivity index (χ1) is 16.4. The maximum Gasteiger partial charge on any atom is 0.273 e. The van der Waals surface area contributed by atoms with Crippen LogP contribution in [0.1, 0.15) is 21.6 Å². The molecule has 1 aromatic heterocycles. The molecule has 1 N–H and O–H groups in total. The zero-order valence-corrected chi connectivity index (χ0v) is 20.4. The van der Waals surface area contributed by atoms with Gasteiger partial charge in [-0.2, -0.15) is 10.4 Å². The van der Waals surface area contributed by atoms with Crippen LogP contribution in [-0.2, 0) is 6.42 Å². The van der Waals surface area contributed by atoms with Gasteiger partial charge in [0.15, 0.2) is 5.69 Å². The van der Waals surface area contributed by atoms with Crippen molar-refractivity contribution in [2.45, 2.75) is 19.4 Å². The zero-order chi connectivity index (χ0) is 24.2. The number of benzene rings is 3. The van der Waals surface area contributed by atoms with Crippen molar-refractivity contribution in [2.75, 3.05) is 0 Å². The Morgan fingerprint density at radius 2 is 1.71 bits per heavy atom. The molecule has 0 unspecified atom stereocenters. The van der Waals surface area contributed by atoms with E-state index < -0.39 is 11.9 Å². The van der Waals surface area contributed by atoms with Gasteiger partial charge in [-0.25, -0.2) is 4.68 Å². The topological polar surface area (TPSA) is 70.7 Å².